The predicted molar refractivity (Wildman–Crippen MR) is 70.5 cm³/mol. The number of rotatable bonds is 4. The maximum Gasteiger partial charge on any atom is 0.403 e. The molecule has 0 N–H and O–H groups in total. The summed E-state index contributed by atoms with van der Waals surface area (Å²) in [5, 5.41) is 2.13. The van der Waals surface area contributed by atoms with Crippen LogP contribution < -0.4 is 10.4 Å². The summed E-state index contributed by atoms with van der Waals surface area (Å²) in [6.07, 6.45) is 0. The molecule has 0 aliphatic heterocycles. The molecule has 0 saturated heterocycles. The first-order chi connectivity index (χ1) is 8.27. The zero-order chi connectivity index (χ0) is 12.1. The smallest absolute Gasteiger partial charge is 0.403 e. The Labute approximate surface area is 102 Å². The molecule has 0 heterocycles. The van der Waals surface area contributed by atoms with Crippen LogP contribution in [0.3, 0.4) is 0 Å². The highest BCUT2D eigenvalue weighted by Crippen LogP contribution is 2.05. The van der Waals surface area contributed by atoms with Crippen molar-refractivity contribution < 1.29 is 9.22 Å². The highest BCUT2D eigenvalue weighted by molar-refractivity contribution is 6.97. The minimum atomic E-state index is -2.43. The average molecular weight is 241 g/mol. The van der Waals surface area contributed by atoms with Gasteiger partial charge in [-0.3, -0.25) is 0 Å². The molecule has 0 aliphatic carbocycles. The maximum absolute atomic E-state index is 10.7. The summed E-state index contributed by atoms with van der Waals surface area (Å²) in [6, 6.07) is 19.7. The number of benzene rings is 2. The predicted octanol–water partition coefficient (Wildman–Crippen LogP) is 1.46. The molecule has 0 spiro atoms. The Morgan fingerprint density at radius 3 is 1.65 bits per heavy atom. The lowest BCUT2D eigenvalue weighted by molar-refractivity contribution is 0.447. The summed E-state index contributed by atoms with van der Waals surface area (Å²) in [5.74, 6) is 0. The quantitative estimate of drug-likeness (QED) is 0.758. The molecule has 2 rings (SSSR count). The van der Waals surface area contributed by atoms with Gasteiger partial charge in [-0.2, -0.15) is 0 Å². The SMILES string of the molecule is C[Si](O[C]=O)(c1ccccc1)c1ccccc1. The summed E-state index contributed by atoms with van der Waals surface area (Å²) < 4.78 is 5.33. The van der Waals surface area contributed by atoms with Crippen LogP contribution in [0.5, 0.6) is 0 Å². The second kappa shape index (κ2) is 4.97. The van der Waals surface area contributed by atoms with Crippen molar-refractivity contribution in [3.63, 3.8) is 0 Å². The maximum atomic E-state index is 10.7. The largest absolute Gasteiger partial charge is 0.502 e. The van der Waals surface area contributed by atoms with Crippen LogP contribution in [-0.4, -0.2) is 14.8 Å². The summed E-state index contributed by atoms with van der Waals surface area (Å²) in [4.78, 5) is 10.7. The number of hydrogen-bond donors (Lipinski definition) is 0. The lowest BCUT2D eigenvalue weighted by atomic mass is 10.4. The molecular formula is C14H13O2Si. The molecule has 2 aromatic carbocycles. The Bertz CT molecular complexity index is 443. The molecule has 0 unspecified atom stereocenters. The molecule has 0 fully saturated rings. The monoisotopic (exact) mass is 241 g/mol. The highest BCUT2D eigenvalue weighted by atomic mass is 28.4. The van der Waals surface area contributed by atoms with E-state index in [1.807, 2.05) is 67.2 Å². The van der Waals surface area contributed by atoms with Crippen molar-refractivity contribution in [1.82, 2.24) is 0 Å². The van der Waals surface area contributed by atoms with Gasteiger partial charge >= 0.3 is 14.8 Å². The van der Waals surface area contributed by atoms with Gasteiger partial charge in [0.2, 0.25) is 0 Å². The van der Waals surface area contributed by atoms with Gasteiger partial charge in [-0.05, 0) is 16.9 Å². The molecule has 17 heavy (non-hydrogen) atoms. The van der Waals surface area contributed by atoms with Crippen LogP contribution in [0, 0.1) is 0 Å². The van der Waals surface area contributed by atoms with Crippen molar-refractivity contribution in [3.05, 3.63) is 60.7 Å². The standard InChI is InChI=1S/C14H13O2Si/c1-17(16-12-15,13-8-4-2-5-9-13)14-10-6-3-7-11-14/h2-11H,1H3. The third-order valence-corrected chi connectivity index (χ3v) is 6.26. The molecule has 0 aliphatic rings. The normalized spacial score (nSPS) is 10.9. The van der Waals surface area contributed by atoms with Crippen LogP contribution in [0.25, 0.3) is 0 Å². The topological polar surface area (TPSA) is 26.3 Å². The Hall–Kier alpha value is -1.87. The fourth-order valence-corrected chi connectivity index (χ4v) is 4.27. The van der Waals surface area contributed by atoms with Crippen molar-refractivity contribution in [1.29, 1.82) is 0 Å². The first-order valence-electron chi connectivity index (χ1n) is 5.43. The summed E-state index contributed by atoms with van der Waals surface area (Å²) >= 11 is 0. The summed E-state index contributed by atoms with van der Waals surface area (Å²) in [5.41, 5.74) is 0. The van der Waals surface area contributed by atoms with Gasteiger partial charge in [0, 0.05) is 0 Å². The van der Waals surface area contributed by atoms with Crippen molar-refractivity contribution in [2.24, 2.45) is 0 Å². The Balaban J connectivity index is 2.50. The van der Waals surface area contributed by atoms with Gasteiger partial charge in [-0.15, -0.1) is 0 Å². The minimum Gasteiger partial charge on any atom is -0.502 e. The molecule has 85 valence electrons. The third-order valence-electron chi connectivity index (χ3n) is 2.90. The van der Waals surface area contributed by atoms with Crippen LogP contribution in [0.1, 0.15) is 0 Å². The van der Waals surface area contributed by atoms with Crippen LogP contribution in [0.4, 0.5) is 0 Å². The zero-order valence-corrected chi connectivity index (χ0v) is 10.6. The van der Waals surface area contributed by atoms with E-state index in [0.717, 1.165) is 10.4 Å². The van der Waals surface area contributed by atoms with Gasteiger partial charge in [0.1, 0.15) is 0 Å². The van der Waals surface area contributed by atoms with Crippen molar-refractivity contribution in [2.75, 3.05) is 0 Å². The Morgan fingerprint density at radius 1 is 0.882 bits per heavy atom. The number of hydrogen-bond acceptors (Lipinski definition) is 2. The molecule has 2 nitrogen and oxygen atoms in total. The third kappa shape index (κ3) is 2.29. The summed E-state index contributed by atoms with van der Waals surface area (Å²) in [7, 11) is -2.43. The fraction of sp³-hybridized carbons (Fsp3) is 0.0714. The van der Waals surface area contributed by atoms with Gasteiger partial charge in [-0.25, -0.2) is 4.79 Å². The van der Waals surface area contributed by atoms with E-state index in [4.69, 9.17) is 4.43 Å². The molecular weight excluding hydrogens is 228 g/mol. The molecule has 0 bridgehead atoms. The van der Waals surface area contributed by atoms with E-state index in [-0.39, 0.29) is 0 Å². The van der Waals surface area contributed by atoms with E-state index < -0.39 is 8.32 Å². The number of carbonyl (C=O) groups excluding carboxylic acids is 1. The van der Waals surface area contributed by atoms with Gasteiger partial charge in [0.15, 0.2) is 0 Å². The molecule has 0 atom stereocenters. The van der Waals surface area contributed by atoms with E-state index in [1.54, 1.807) is 6.47 Å². The first-order valence-corrected chi connectivity index (χ1v) is 7.84. The van der Waals surface area contributed by atoms with Crippen LogP contribution in [-0.2, 0) is 9.22 Å². The average Bonchev–Trinajstić information content (AvgIpc) is 2.41. The molecule has 0 amide bonds. The van der Waals surface area contributed by atoms with E-state index in [1.165, 1.54) is 0 Å². The van der Waals surface area contributed by atoms with Crippen LogP contribution in [0.15, 0.2) is 60.7 Å². The van der Waals surface area contributed by atoms with Crippen molar-refractivity contribution in [3.8, 4) is 0 Å². The Morgan fingerprint density at radius 2 is 1.29 bits per heavy atom. The van der Waals surface area contributed by atoms with Gasteiger partial charge in [0.05, 0.1) is 0 Å². The van der Waals surface area contributed by atoms with Crippen molar-refractivity contribution >= 4 is 25.2 Å². The molecule has 1 radical (unpaired) electrons. The lowest BCUT2D eigenvalue weighted by Crippen LogP contribution is -2.58. The molecule has 2 aromatic rings. The molecule has 0 aromatic heterocycles. The summed E-state index contributed by atoms with van der Waals surface area (Å²) in [6.45, 7) is 3.62. The van der Waals surface area contributed by atoms with Gasteiger partial charge in [-0.1, -0.05) is 60.7 Å². The molecule has 3 heteroatoms. The fourth-order valence-electron chi connectivity index (χ4n) is 1.88. The van der Waals surface area contributed by atoms with Crippen LogP contribution >= 0.6 is 0 Å². The molecule has 0 saturated carbocycles. The first kappa shape index (κ1) is 11.6. The minimum absolute atomic E-state index is 1.06. The van der Waals surface area contributed by atoms with Gasteiger partial charge < -0.3 is 4.43 Å². The van der Waals surface area contributed by atoms with Crippen molar-refractivity contribution in [2.45, 2.75) is 6.55 Å². The highest BCUT2D eigenvalue weighted by Gasteiger charge is 2.35. The Kier molecular flexibility index (Phi) is 3.39. The second-order valence-electron chi connectivity index (χ2n) is 3.95. The lowest BCUT2D eigenvalue weighted by Gasteiger charge is -2.24. The van der Waals surface area contributed by atoms with E-state index in [0.29, 0.717) is 0 Å². The van der Waals surface area contributed by atoms with E-state index in [9.17, 15) is 4.79 Å². The van der Waals surface area contributed by atoms with Crippen LogP contribution in [0.2, 0.25) is 6.55 Å². The van der Waals surface area contributed by atoms with Gasteiger partial charge in [0.25, 0.3) is 0 Å². The second-order valence-corrected chi connectivity index (χ2v) is 7.38. The van der Waals surface area contributed by atoms with E-state index >= 15 is 0 Å². The van der Waals surface area contributed by atoms with E-state index in [2.05, 4.69) is 0 Å². The zero-order valence-electron chi connectivity index (χ0n) is 9.59.